The fourth-order valence-electron chi connectivity index (χ4n) is 2.52. The van der Waals surface area contributed by atoms with Crippen molar-refractivity contribution < 1.29 is 9.90 Å². The summed E-state index contributed by atoms with van der Waals surface area (Å²) in [6.45, 7) is 0. The summed E-state index contributed by atoms with van der Waals surface area (Å²) >= 11 is 6.12. The Kier molecular flexibility index (Phi) is 3.44. The molecule has 0 radical (unpaired) electrons. The Labute approximate surface area is 121 Å². The lowest BCUT2D eigenvalue weighted by molar-refractivity contribution is -0.141. The van der Waals surface area contributed by atoms with E-state index in [4.69, 9.17) is 11.6 Å². The number of hydrogen-bond donors (Lipinski definition) is 1. The molecule has 6 heteroatoms. The van der Waals surface area contributed by atoms with Crippen LogP contribution < -0.4 is 0 Å². The zero-order valence-corrected chi connectivity index (χ0v) is 11.5. The maximum absolute atomic E-state index is 11.2. The molecule has 1 atom stereocenters. The Morgan fingerprint density at radius 2 is 2.25 bits per heavy atom. The van der Waals surface area contributed by atoms with Crippen LogP contribution >= 0.6 is 11.6 Å². The first-order valence-electron chi connectivity index (χ1n) is 6.55. The van der Waals surface area contributed by atoms with Crippen LogP contribution in [0.2, 0.25) is 5.02 Å². The van der Waals surface area contributed by atoms with Crippen LogP contribution in [-0.2, 0) is 17.6 Å². The van der Waals surface area contributed by atoms with Crippen molar-refractivity contribution in [3.63, 3.8) is 0 Å². The van der Waals surface area contributed by atoms with Gasteiger partial charge in [-0.3, -0.25) is 0 Å². The molecule has 1 aromatic carbocycles. The molecule has 0 fully saturated rings. The number of aryl methyl sites for hydroxylation is 1. The molecule has 0 saturated carbocycles. The molecule has 104 valence electrons. The number of rotatable bonds is 3. The standard InChI is InChI=1S/C14H14ClN3O2/c15-10-5-2-1-4-9(10)8-12-16-13-7-3-6-11(14(19)20)18(13)17-12/h1-2,4-5,11H,3,6-8H2,(H,19,20). The molecule has 1 aromatic heterocycles. The van der Waals surface area contributed by atoms with Gasteiger partial charge in [0.2, 0.25) is 0 Å². The maximum Gasteiger partial charge on any atom is 0.328 e. The van der Waals surface area contributed by atoms with E-state index in [0.29, 0.717) is 23.7 Å². The van der Waals surface area contributed by atoms with Crippen LogP contribution in [0.4, 0.5) is 0 Å². The second-order valence-corrected chi connectivity index (χ2v) is 5.31. The number of halogens is 1. The molecule has 0 saturated heterocycles. The highest BCUT2D eigenvalue weighted by Gasteiger charge is 2.28. The zero-order valence-electron chi connectivity index (χ0n) is 10.8. The molecule has 1 aliphatic rings. The van der Waals surface area contributed by atoms with Crippen LogP contribution in [0.15, 0.2) is 24.3 Å². The summed E-state index contributed by atoms with van der Waals surface area (Å²) in [7, 11) is 0. The van der Waals surface area contributed by atoms with Gasteiger partial charge in [0.15, 0.2) is 11.9 Å². The van der Waals surface area contributed by atoms with Gasteiger partial charge < -0.3 is 5.11 Å². The van der Waals surface area contributed by atoms with E-state index in [-0.39, 0.29) is 0 Å². The Hall–Kier alpha value is -1.88. The van der Waals surface area contributed by atoms with Crippen molar-refractivity contribution in [2.45, 2.75) is 31.7 Å². The van der Waals surface area contributed by atoms with Gasteiger partial charge in [0, 0.05) is 17.9 Å². The second-order valence-electron chi connectivity index (χ2n) is 4.90. The summed E-state index contributed by atoms with van der Waals surface area (Å²) < 4.78 is 1.55. The highest BCUT2D eigenvalue weighted by molar-refractivity contribution is 6.31. The summed E-state index contributed by atoms with van der Waals surface area (Å²) in [5.41, 5.74) is 0.948. The first kappa shape index (κ1) is 13.1. The van der Waals surface area contributed by atoms with Crippen LogP contribution in [-0.4, -0.2) is 25.8 Å². The number of aliphatic carboxylic acids is 1. The van der Waals surface area contributed by atoms with E-state index in [2.05, 4.69) is 10.1 Å². The fourth-order valence-corrected chi connectivity index (χ4v) is 2.72. The summed E-state index contributed by atoms with van der Waals surface area (Å²) in [5.74, 6) is 0.534. The zero-order chi connectivity index (χ0) is 14.1. The number of carboxylic acid groups (broad SMARTS) is 1. The summed E-state index contributed by atoms with van der Waals surface area (Å²) in [6, 6.07) is 6.95. The van der Waals surface area contributed by atoms with Crippen molar-refractivity contribution >= 4 is 17.6 Å². The minimum atomic E-state index is -0.847. The molecule has 0 bridgehead atoms. The van der Waals surface area contributed by atoms with E-state index in [9.17, 15) is 9.90 Å². The van der Waals surface area contributed by atoms with Crippen LogP contribution in [0.25, 0.3) is 0 Å². The Balaban J connectivity index is 1.90. The van der Waals surface area contributed by atoms with Crippen molar-refractivity contribution in [2.75, 3.05) is 0 Å². The topological polar surface area (TPSA) is 68.0 Å². The van der Waals surface area contributed by atoms with Gasteiger partial charge in [-0.25, -0.2) is 14.5 Å². The number of carboxylic acids is 1. The van der Waals surface area contributed by atoms with E-state index in [1.54, 1.807) is 4.68 Å². The lowest BCUT2D eigenvalue weighted by Crippen LogP contribution is -2.26. The van der Waals surface area contributed by atoms with Crippen LogP contribution in [0, 0.1) is 0 Å². The Morgan fingerprint density at radius 1 is 1.45 bits per heavy atom. The van der Waals surface area contributed by atoms with Gasteiger partial charge in [-0.2, -0.15) is 5.10 Å². The number of aromatic nitrogens is 3. The molecule has 2 aromatic rings. The smallest absolute Gasteiger partial charge is 0.328 e. The first-order chi connectivity index (χ1) is 9.65. The number of hydrogen-bond acceptors (Lipinski definition) is 3. The van der Waals surface area contributed by atoms with Crippen molar-refractivity contribution in [3.8, 4) is 0 Å². The van der Waals surface area contributed by atoms with E-state index in [0.717, 1.165) is 24.2 Å². The minimum Gasteiger partial charge on any atom is -0.480 e. The first-order valence-corrected chi connectivity index (χ1v) is 6.93. The number of benzene rings is 1. The molecular weight excluding hydrogens is 278 g/mol. The van der Waals surface area contributed by atoms with E-state index in [1.165, 1.54) is 0 Å². The molecule has 1 unspecified atom stereocenters. The van der Waals surface area contributed by atoms with Gasteiger partial charge in [0.1, 0.15) is 5.82 Å². The summed E-state index contributed by atoms with van der Waals surface area (Å²) in [5, 5.41) is 14.3. The van der Waals surface area contributed by atoms with Crippen LogP contribution in [0.5, 0.6) is 0 Å². The van der Waals surface area contributed by atoms with Crippen LogP contribution in [0.1, 0.15) is 36.1 Å². The molecule has 0 spiro atoms. The Bertz CT molecular complexity index is 654. The normalized spacial score (nSPS) is 17.8. The van der Waals surface area contributed by atoms with Crippen molar-refractivity contribution in [3.05, 3.63) is 46.5 Å². The molecule has 1 N–H and O–H groups in total. The largest absolute Gasteiger partial charge is 0.480 e. The molecule has 0 aliphatic carbocycles. The maximum atomic E-state index is 11.2. The Morgan fingerprint density at radius 3 is 3.00 bits per heavy atom. The lowest BCUT2D eigenvalue weighted by Gasteiger charge is -2.19. The van der Waals surface area contributed by atoms with E-state index < -0.39 is 12.0 Å². The molecule has 5 nitrogen and oxygen atoms in total. The number of carbonyl (C=O) groups is 1. The highest BCUT2D eigenvalue weighted by Crippen LogP contribution is 2.24. The average molecular weight is 292 g/mol. The quantitative estimate of drug-likeness (QED) is 0.943. The predicted octanol–water partition coefficient (Wildman–Crippen LogP) is 2.48. The van der Waals surface area contributed by atoms with Crippen LogP contribution in [0.3, 0.4) is 0 Å². The summed E-state index contributed by atoms with van der Waals surface area (Å²) in [6.07, 6.45) is 2.74. The minimum absolute atomic E-state index is 0.520. The second kappa shape index (κ2) is 5.25. The molecule has 1 aliphatic heterocycles. The number of fused-ring (bicyclic) bond motifs is 1. The van der Waals surface area contributed by atoms with Gasteiger partial charge in [-0.15, -0.1) is 0 Å². The molecule has 3 rings (SSSR count). The third-order valence-electron chi connectivity index (χ3n) is 3.51. The van der Waals surface area contributed by atoms with E-state index >= 15 is 0 Å². The fraction of sp³-hybridized carbons (Fsp3) is 0.357. The SMILES string of the molecule is O=C(O)C1CCCc2nc(Cc3ccccc3Cl)nn21. The molecule has 2 heterocycles. The highest BCUT2D eigenvalue weighted by atomic mass is 35.5. The lowest BCUT2D eigenvalue weighted by atomic mass is 10.1. The molecule has 20 heavy (non-hydrogen) atoms. The average Bonchev–Trinajstić information content (AvgIpc) is 2.83. The van der Waals surface area contributed by atoms with Crippen molar-refractivity contribution in [1.29, 1.82) is 0 Å². The van der Waals surface area contributed by atoms with Crippen molar-refractivity contribution in [2.24, 2.45) is 0 Å². The molecule has 0 amide bonds. The van der Waals surface area contributed by atoms with Gasteiger partial charge in [-0.1, -0.05) is 29.8 Å². The third kappa shape index (κ3) is 2.41. The number of nitrogens with zero attached hydrogens (tertiary/aromatic N) is 3. The van der Waals surface area contributed by atoms with Gasteiger partial charge in [-0.05, 0) is 24.5 Å². The summed E-state index contributed by atoms with van der Waals surface area (Å²) in [4.78, 5) is 15.7. The van der Waals surface area contributed by atoms with Gasteiger partial charge in [0.05, 0.1) is 0 Å². The van der Waals surface area contributed by atoms with Crippen molar-refractivity contribution in [1.82, 2.24) is 14.8 Å². The molecular formula is C14H14ClN3O2. The van der Waals surface area contributed by atoms with Gasteiger partial charge >= 0.3 is 5.97 Å². The van der Waals surface area contributed by atoms with E-state index in [1.807, 2.05) is 24.3 Å². The van der Waals surface area contributed by atoms with Gasteiger partial charge in [0.25, 0.3) is 0 Å². The third-order valence-corrected chi connectivity index (χ3v) is 3.88. The predicted molar refractivity (Wildman–Crippen MR) is 73.9 cm³/mol. The monoisotopic (exact) mass is 291 g/mol.